The van der Waals surface area contributed by atoms with Gasteiger partial charge in [0.2, 0.25) is 5.91 Å². The molecule has 42 heavy (non-hydrogen) atoms. The van der Waals surface area contributed by atoms with Crippen LogP contribution in [0.4, 0.5) is 5.82 Å². The number of aryl methyl sites for hydroxylation is 2. The Morgan fingerprint density at radius 1 is 1.17 bits per heavy atom. The predicted molar refractivity (Wildman–Crippen MR) is 150 cm³/mol. The first-order chi connectivity index (χ1) is 20.4. The Labute approximate surface area is 244 Å². The van der Waals surface area contributed by atoms with Gasteiger partial charge in [-0.1, -0.05) is 0 Å². The highest BCUT2D eigenvalue weighted by Crippen LogP contribution is 2.53. The highest BCUT2D eigenvalue weighted by atomic mass is 16.5. The summed E-state index contributed by atoms with van der Waals surface area (Å²) < 4.78 is 9.24. The summed E-state index contributed by atoms with van der Waals surface area (Å²) in [5.74, 6) is 0.337. The molecule has 12 nitrogen and oxygen atoms in total. The number of rotatable bonds is 8. The number of amides is 3. The Morgan fingerprint density at radius 2 is 1.95 bits per heavy atom. The quantitative estimate of drug-likeness (QED) is 0.509. The molecule has 0 aromatic carbocycles. The zero-order chi connectivity index (χ0) is 29.1. The van der Waals surface area contributed by atoms with Gasteiger partial charge in [-0.15, -0.1) is 0 Å². The topological polar surface area (TPSA) is 138 Å². The Kier molecular flexibility index (Phi) is 6.80. The first-order valence-corrected chi connectivity index (χ1v) is 15.4. The monoisotopic (exact) mass is 574 g/mol. The summed E-state index contributed by atoms with van der Waals surface area (Å²) in [7, 11) is 1.84. The molecule has 4 fully saturated rings. The molecule has 2 aromatic rings. The summed E-state index contributed by atoms with van der Waals surface area (Å²) in [5.41, 5.74) is 2.08. The number of likely N-dealkylation sites (N-methyl/N-ethyl adjacent to an activating group) is 1. The zero-order valence-corrected chi connectivity index (χ0v) is 24.2. The first-order valence-electron chi connectivity index (χ1n) is 15.4. The van der Waals surface area contributed by atoms with Crippen molar-refractivity contribution in [3.8, 4) is 6.07 Å². The molecule has 222 valence electrons. The maximum atomic E-state index is 14.4. The van der Waals surface area contributed by atoms with Crippen LogP contribution < -0.4 is 10.2 Å². The van der Waals surface area contributed by atoms with Crippen LogP contribution in [0.5, 0.6) is 0 Å². The van der Waals surface area contributed by atoms with Crippen molar-refractivity contribution in [2.75, 3.05) is 24.7 Å². The summed E-state index contributed by atoms with van der Waals surface area (Å²) in [6.45, 7) is 3.50. The second kappa shape index (κ2) is 10.5. The van der Waals surface area contributed by atoms with Gasteiger partial charge >= 0.3 is 0 Å². The minimum absolute atomic E-state index is 0.000362. The van der Waals surface area contributed by atoms with Crippen molar-refractivity contribution in [3.63, 3.8) is 0 Å². The van der Waals surface area contributed by atoms with Gasteiger partial charge in [0, 0.05) is 56.9 Å². The van der Waals surface area contributed by atoms with Crippen molar-refractivity contribution in [2.45, 2.75) is 88.4 Å². The number of ether oxygens (including phenoxy) is 1. The third-order valence-electron chi connectivity index (χ3n) is 9.79. The third kappa shape index (κ3) is 4.58. The molecule has 3 aliphatic heterocycles. The Bertz CT molecular complexity index is 1450. The van der Waals surface area contributed by atoms with Crippen molar-refractivity contribution >= 4 is 23.5 Å². The van der Waals surface area contributed by atoms with E-state index in [-0.39, 0.29) is 48.1 Å². The maximum Gasteiger partial charge on any atom is 0.276 e. The maximum absolute atomic E-state index is 14.4. The normalized spacial score (nSPS) is 28.8. The summed E-state index contributed by atoms with van der Waals surface area (Å²) in [6, 6.07) is 1.19. The molecule has 3 amide bonds. The van der Waals surface area contributed by atoms with Gasteiger partial charge in [-0.2, -0.15) is 15.5 Å². The van der Waals surface area contributed by atoms with Gasteiger partial charge in [-0.25, -0.2) is 4.68 Å². The van der Waals surface area contributed by atoms with Gasteiger partial charge in [-0.3, -0.25) is 24.0 Å². The highest BCUT2D eigenvalue weighted by Gasteiger charge is 2.57. The fourth-order valence-electron chi connectivity index (χ4n) is 7.46. The van der Waals surface area contributed by atoms with Crippen LogP contribution >= 0.6 is 0 Å². The van der Waals surface area contributed by atoms with Crippen LogP contribution in [0.15, 0.2) is 12.4 Å². The lowest BCUT2D eigenvalue weighted by atomic mass is 9.82. The number of hydrogen-bond acceptors (Lipinski definition) is 7. The number of likely N-dealkylation sites (tertiary alicyclic amines) is 1. The number of anilines is 1. The lowest BCUT2D eigenvalue weighted by molar-refractivity contribution is -0.128. The highest BCUT2D eigenvalue weighted by molar-refractivity contribution is 6.05. The molecule has 2 aliphatic carbocycles. The van der Waals surface area contributed by atoms with E-state index in [9.17, 15) is 19.6 Å². The van der Waals surface area contributed by atoms with Gasteiger partial charge < -0.3 is 15.0 Å². The van der Waals surface area contributed by atoms with Gasteiger partial charge in [0.15, 0.2) is 5.69 Å². The van der Waals surface area contributed by atoms with Crippen molar-refractivity contribution in [2.24, 2.45) is 18.9 Å². The van der Waals surface area contributed by atoms with E-state index in [0.717, 1.165) is 43.2 Å². The van der Waals surface area contributed by atoms with Crippen LogP contribution in [0.3, 0.4) is 0 Å². The molecular weight excluding hydrogens is 536 g/mol. The smallest absolute Gasteiger partial charge is 0.276 e. The molecule has 2 saturated heterocycles. The molecule has 7 rings (SSSR count). The summed E-state index contributed by atoms with van der Waals surface area (Å²) >= 11 is 0. The molecular formula is C30H38N8O4. The van der Waals surface area contributed by atoms with E-state index in [0.29, 0.717) is 50.0 Å². The fourth-order valence-corrected chi connectivity index (χ4v) is 7.46. The Hall–Kier alpha value is -3.72. The second-order valence-corrected chi connectivity index (χ2v) is 12.5. The number of nitrogens with one attached hydrogen (secondary N) is 1. The van der Waals surface area contributed by atoms with Gasteiger partial charge in [0.05, 0.1) is 18.3 Å². The average molecular weight is 575 g/mol. The fraction of sp³-hybridized carbons (Fsp3) is 0.667. The molecule has 1 N–H and O–H groups in total. The summed E-state index contributed by atoms with van der Waals surface area (Å²) in [4.78, 5) is 45.3. The molecule has 2 saturated carbocycles. The van der Waals surface area contributed by atoms with Crippen LogP contribution in [0.1, 0.15) is 85.4 Å². The molecule has 5 heterocycles. The first kappa shape index (κ1) is 27.1. The van der Waals surface area contributed by atoms with Crippen molar-refractivity contribution in [1.82, 2.24) is 29.8 Å². The molecule has 2 aromatic heterocycles. The van der Waals surface area contributed by atoms with Crippen LogP contribution in [0.2, 0.25) is 0 Å². The van der Waals surface area contributed by atoms with Crippen LogP contribution in [-0.2, 0) is 27.8 Å². The van der Waals surface area contributed by atoms with E-state index in [4.69, 9.17) is 9.84 Å². The second-order valence-electron chi connectivity index (χ2n) is 12.5. The Morgan fingerprint density at radius 3 is 2.62 bits per heavy atom. The number of piperidine rings is 1. The number of aromatic nitrogens is 4. The third-order valence-corrected chi connectivity index (χ3v) is 9.79. The van der Waals surface area contributed by atoms with Gasteiger partial charge in [0.1, 0.15) is 17.9 Å². The summed E-state index contributed by atoms with van der Waals surface area (Å²) in [5, 5.41) is 22.2. The predicted octanol–water partition coefficient (Wildman–Crippen LogP) is 2.07. The molecule has 5 aliphatic rings. The SMILES string of the molecule is CCN1C(=O)[C@@H](NC(=O)CCc2cnn(C)c2)[C@@H](C2CC2)c2c(C(=O)N3[C@H](C#N)C[C@H]4C[C@H]43)nn(C3CCOCC3)c21. The molecule has 5 atom stereocenters. The molecule has 0 bridgehead atoms. The van der Waals surface area contributed by atoms with Crippen LogP contribution in [0, 0.1) is 23.2 Å². The molecule has 0 unspecified atom stereocenters. The molecule has 12 heteroatoms. The number of nitrogens with zero attached hydrogens (tertiary/aromatic N) is 7. The number of carbonyl (C=O) groups is 3. The van der Waals surface area contributed by atoms with E-state index in [1.807, 2.05) is 24.9 Å². The van der Waals surface area contributed by atoms with Crippen LogP contribution in [0.25, 0.3) is 0 Å². The van der Waals surface area contributed by atoms with E-state index < -0.39 is 12.1 Å². The zero-order valence-electron chi connectivity index (χ0n) is 24.2. The Balaban J connectivity index is 1.27. The number of carbonyl (C=O) groups excluding carboxylic acids is 3. The van der Waals surface area contributed by atoms with E-state index in [2.05, 4.69) is 16.5 Å². The summed E-state index contributed by atoms with van der Waals surface area (Å²) in [6.07, 6.45) is 9.36. The van der Waals surface area contributed by atoms with Crippen molar-refractivity contribution in [3.05, 3.63) is 29.2 Å². The lowest BCUT2D eigenvalue weighted by Crippen LogP contribution is -2.56. The van der Waals surface area contributed by atoms with Crippen molar-refractivity contribution < 1.29 is 19.1 Å². The average Bonchev–Trinajstić information content (AvgIpc) is 3.87. The number of hydrogen-bond donors (Lipinski definition) is 1. The minimum atomic E-state index is -0.774. The minimum Gasteiger partial charge on any atom is -0.381 e. The van der Waals surface area contributed by atoms with E-state index in [1.54, 1.807) is 20.7 Å². The number of fused-ring (bicyclic) bond motifs is 2. The molecule has 0 spiro atoms. The number of nitriles is 1. The standard InChI is InChI=1S/C30H38N8O4/c1-3-36-28-25(24(18-5-6-18)26(29(36)40)33-23(39)7-4-17-15-32-35(2)16-17)27(34-38(28)20-8-10-42-11-9-20)30(41)37-21(14-31)12-19-13-22(19)37/h15-16,18-22,24,26H,3-13H2,1-2H3,(H,33,39)/t19-,21-,22+,24-,26-/m0/s1. The lowest BCUT2D eigenvalue weighted by Gasteiger charge is -2.39. The molecule has 0 radical (unpaired) electrons. The van der Waals surface area contributed by atoms with Crippen molar-refractivity contribution in [1.29, 1.82) is 5.26 Å². The van der Waals surface area contributed by atoms with E-state index >= 15 is 0 Å². The van der Waals surface area contributed by atoms with Gasteiger partial charge in [-0.05, 0) is 69.3 Å². The van der Waals surface area contributed by atoms with Crippen LogP contribution in [-0.4, -0.2) is 80.1 Å². The van der Waals surface area contributed by atoms with Gasteiger partial charge in [0.25, 0.3) is 11.8 Å². The van der Waals surface area contributed by atoms with E-state index in [1.165, 1.54) is 0 Å². The largest absolute Gasteiger partial charge is 0.381 e.